The third-order valence-electron chi connectivity index (χ3n) is 5.09. The van der Waals surface area contributed by atoms with E-state index in [0.29, 0.717) is 5.92 Å². The van der Waals surface area contributed by atoms with Crippen molar-refractivity contribution in [1.82, 2.24) is 0 Å². The van der Waals surface area contributed by atoms with Crippen molar-refractivity contribution in [3.63, 3.8) is 0 Å². The smallest absolute Gasteiger partial charge is 0.0130 e. The second-order valence-electron chi connectivity index (χ2n) is 6.78. The SMILES string of the molecule is C/C=C(\C=C1/C(C)c2ccccc2C1(C)C)c1ccc(I)cc1. The van der Waals surface area contributed by atoms with Crippen molar-refractivity contribution in [1.29, 1.82) is 0 Å². The number of halogens is 1. The van der Waals surface area contributed by atoms with E-state index in [2.05, 4.69) is 111 Å². The molecule has 0 aliphatic heterocycles. The van der Waals surface area contributed by atoms with E-state index in [9.17, 15) is 0 Å². The van der Waals surface area contributed by atoms with E-state index in [1.165, 1.54) is 31.4 Å². The molecular formula is C22H23I. The van der Waals surface area contributed by atoms with Gasteiger partial charge in [-0.1, -0.05) is 74.9 Å². The predicted molar refractivity (Wildman–Crippen MR) is 109 cm³/mol. The maximum atomic E-state index is 2.41. The molecule has 0 heterocycles. The molecule has 1 atom stereocenters. The van der Waals surface area contributed by atoms with Gasteiger partial charge in [0.25, 0.3) is 0 Å². The molecule has 23 heavy (non-hydrogen) atoms. The summed E-state index contributed by atoms with van der Waals surface area (Å²) >= 11 is 2.36. The molecule has 3 rings (SSSR count). The van der Waals surface area contributed by atoms with Crippen molar-refractivity contribution in [3.05, 3.63) is 86.5 Å². The van der Waals surface area contributed by atoms with Crippen molar-refractivity contribution in [3.8, 4) is 0 Å². The minimum atomic E-state index is 0.0907. The lowest BCUT2D eigenvalue weighted by atomic mass is 9.80. The zero-order valence-electron chi connectivity index (χ0n) is 14.2. The Labute approximate surface area is 153 Å². The average Bonchev–Trinajstić information content (AvgIpc) is 2.74. The molecule has 0 amide bonds. The zero-order chi connectivity index (χ0) is 16.6. The quantitative estimate of drug-likeness (QED) is 0.479. The molecule has 0 spiro atoms. The molecule has 2 aromatic carbocycles. The molecule has 0 nitrogen and oxygen atoms in total. The van der Waals surface area contributed by atoms with Gasteiger partial charge in [0.15, 0.2) is 0 Å². The Hall–Kier alpha value is -1.35. The highest BCUT2D eigenvalue weighted by molar-refractivity contribution is 14.1. The van der Waals surface area contributed by atoms with Gasteiger partial charge in [-0.25, -0.2) is 0 Å². The summed E-state index contributed by atoms with van der Waals surface area (Å²) in [4.78, 5) is 0. The number of hydrogen-bond acceptors (Lipinski definition) is 0. The van der Waals surface area contributed by atoms with Gasteiger partial charge in [0.05, 0.1) is 0 Å². The van der Waals surface area contributed by atoms with Gasteiger partial charge >= 0.3 is 0 Å². The first-order valence-corrected chi connectivity index (χ1v) is 9.26. The molecular weight excluding hydrogens is 391 g/mol. The van der Waals surface area contributed by atoms with Crippen molar-refractivity contribution in [2.24, 2.45) is 0 Å². The number of rotatable bonds is 2. The van der Waals surface area contributed by atoms with Gasteiger partial charge in [-0.05, 0) is 63.9 Å². The zero-order valence-corrected chi connectivity index (χ0v) is 16.4. The van der Waals surface area contributed by atoms with Gasteiger partial charge < -0.3 is 0 Å². The summed E-state index contributed by atoms with van der Waals surface area (Å²) in [5.74, 6) is 0.472. The first-order valence-electron chi connectivity index (χ1n) is 8.19. The number of hydrogen-bond donors (Lipinski definition) is 0. The van der Waals surface area contributed by atoms with Crippen molar-refractivity contribution < 1.29 is 0 Å². The molecule has 0 saturated heterocycles. The van der Waals surface area contributed by atoms with Crippen LogP contribution in [-0.4, -0.2) is 0 Å². The van der Waals surface area contributed by atoms with Crippen molar-refractivity contribution in [2.75, 3.05) is 0 Å². The van der Waals surface area contributed by atoms with Gasteiger partial charge in [-0.3, -0.25) is 0 Å². The molecule has 0 bridgehead atoms. The van der Waals surface area contributed by atoms with Crippen LogP contribution >= 0.6 is 22.6 Å². The molecule has 1 unspecified atom stereocenters. The Kier molecular flexibility index (Phi) is 4.50. The second-order valence-corrected chi connectivity index (χ2v) is 8.03. The second kappa shape index (κ2) is 6.27. The van der Waals surface area contributed by atoms with E-state index < -0.39 is 0 Å². The summed E-state index contributed by atoms with van der Waals surface area (Å²) in [5.41, 5.74) is 7.14. The molecule has 1 heteroatoms. The summed E-state index contributed by atoms with van der Waals surface area (Å²) in [7, 11) is 0. The molecule has 0 fully saturated rings. The fourth-order valence-corrected chi connectivity index (χ4v) is 4.12. The highest BCUT2D eigenvalue weighted by Crippen LogP contribution is 2.50. The van der Waals surface area contributed by atoms with E-state index in [-0.39, 0.29) is 5.41 Å². The Morgan fingerprint density at radius 2 is 1.70 bits per heavy atom. The third kappa shape index (κ3) is 2.91. The standard InChI is InChI=1S/C22H23I/c1-5-16(17-10-12-18(23)13-11-17)14-21-15(2)19-8-6-7-9-20(19)22(21,3)4/h5-15H,1-4H3/b16-5+,21-14+. The largest absolute Gasteiger partial charge is 0.0798 e. The summed E-state index contributed by atoms with van der Waals surface area (Å²) < 4.78 is 1.27. The van der Waals surface area contributed by atoms with Crippen LogP contribution in [0.1, 0.15) is 50.3 Å². The van der Waals surface area contributed by atoms with E-state index in [1.54, 1.807) is 0 Å². The lowest BCUT2D eigenvalue weighted by Crippen LogP contribution is -2.16. The van der Waals surface area contributed by atoms with Crippen LogP contribution in [0.3, 0.4) is 0 Å². The fraction of sp³-hybridized carbons (Fsp3) is 0.273. The number of allylic oxidation sites excluding steroid dienone is 4. The summed E-state index contributed by atoms with van der Waals surface area (Å²) in [6.07, 6.45) is 4.63. The first kappa shape index (κ1) is 16.5. The third-order valence-corrected chi connectivity index (χ3v) is 5.81. The Balaban J connectivity index is 2.07. The molecule has 0 N–H and O–H groups in total. The molecule has 1 aliphatic carbocycles. The summed E-state index contributed by atoms with van der Waals surface area (Å²) in [5, 5.41) is 0. The van der Waals surface area contributed by atoms with Crippen LogP contribution in [0.5, 0.6) is 0 Å². The van der Waals surface area contributed by atoms with E-state index in [1.807, 2.05) is 0 Å². The lowest BCUT2D eigenvalue weighted by molar-refractivity contribution is 0.626. The maximum absolute atomic E-state index is 2.41. The average molecular weight is 414 g/mol. The fourth-order valence-electron chi connectivity index (χ4n) is 3.76. The Morgan fingerprint density at radius 1 is 1.04 bits per heavy atom. The predicted octanol–water partition coefficient (Wildman–Crippen LogP) is 6.72. The monoisotopic (exact) mass is 414 g/mol. The van der Waals surface area contributed by atoms with Gasteiger partial charge in [-0.2, -0.15) is 0 Å². The van der Waals surface area contributed by atoms with Crippen LogP contribution in [0.2, 0.25) is 0 Å². The van der Waals surface area contributed by atoms with Gasteiger partial charge in [0, 0.05) is 14.9 Å². The van der Waals surface area contributed by atoms with E-state index >= 15 is 0 Å². The van der Waals surface area contributed by atoms with Crippen molar-refractivity contribution in [2.45, 2.75) is 39.0 Å². The van der Waals surface area contributed by atoms with Crippen LogP contribution < -0.4 is 0 Å². The Bertz CT molecular complexity index is 776. The van der Waals surface area contributed by atoms with Gasteiger partial charge in [0.1, 0.15) is 0 Å². The molecule has 0 aromatic heterocycles. The lowest BCUT2D eigenvalue weighted by Gasteiger charge is -2.24. The summed E-state index contributed by atoms with van der Waals surface area (Å²) in [6.45, 7) is 9.16. The first-order chi connectivity index (χ1) is 10.9. The van der Waals surface area contributed by atoms with Crippen molar-refractivity contribution >= 4 is 28.2 Å². The summed E-state index contributed by atoms with van der Waals surface area (Å²) in [6, 6.07) is 17.7. The van der Waals surface area contributed by atoms with Crippen LogP contribution in [0.4, 0.5) is 0 Å². The minimum Gasteiger partial charge on any atom is -0.0798 e. The van der Waals surface area contributed by atoms with Crippen LogP contribution in [0, 0.1) is 3.57 Å². The minimum absolute atomic E-state index is 0.0907. The van der Waals surface area contributed by atoms with Crippen LogP contribution in [0.25, 0.3) is 5.57 Å². The number of fused-ring (bicyclic) bond motifs is 1. The van der Waals surface area contributed by atoms with Gasteiger partial charge in [-0.15, -0.1) is 0 Å². The highest BCUT2D eigenvalue weighted by atomic mass is 127. The molecule has 2 aromatic rings. The molecule has 118 valence electrons. The van der Waals surface area contributed by atoms with Gasteiger partial charge in [0.2, 0.25) is 0 Å². The normalized spacial score (nSPS) is 21.5. The highest BCUT2D eigenvalue weighted by Gasteiger charge is 2.38. The van der Waals surface area contributed by atoms with Crippen LogP contribution in [0.15, 0.2) is 66.3 Å². The van der Waals surface area contributed by atoms with Crippen LogP contribution in [-0.2, 0) is 5.41 Å². The van der Waals surface area contributed by atoms with E-state index in [0.717, 1.165) is 0 Å². The molecule has 0 radical (unpaired) electrons. The topological polar surface area (TPSA) is 0 Å². The number of benzene rings is 2. The maximum Gasteiger partial charge on any atom is 0.0130 e. The molecule has 0 saturated carbocycles. The Morgan fingerprint density at radius 3 is 2.30 bits per heavy atom. The van der Waals surface area contributed by atoms with E-state index in [4.69, 9.17) is 0 Å². The molecule has 1 aliphatic rings.